The normalized spacial score (nSPS) is 11.0. The molecule has 0 aliphatic rings. The number of hydrogen-bond donors (Lipinski definition) is 2. The first-order valence-corrected chi connectivity index (χ1v) is 10.1. The Labute approximate surface area is 196 Å². The highest BCUT2D eigenvalue weighted by atomic mass is 35.5. The maximum Gasteiger partial charge on any atom is 0.416 e. The van der Waals surface area contributed by atoms with E-state index in [1.165, 1.54) is 18.2 Å². The smallest absolute Gasteiger partial charge is 0.416 e. The van der Waals surface area contributed by atoms with E-state index < -0.39 is 41.1 Å². The van der Waals surface area contributed by atoms with Crippen LogP contribution < -0.4 is 10.6 Å². The van der Waals surface area contributed by atoms with E-state index in [0.29, 0.717) is 11.6 Å². The molecule has 0 fully saturated rings. The monoisotopic (exact) mass is 501 g/mol. The number of nitrogens with zero attached hydrogens (tertiary/aromatic N) is 1. The molecule has 0 atom stereocenters. The third-order valence-electron chi connectivity index (χ3n) is 4.41. The Bertz CT molecular complexity index is 1110. The molecule has 182 valence electrons. The number of anilines is 2. The van der Waals surface area contributed by atoms with Crippen LogP contribution in [0.15, 0.2) is 36.4 Å². The van der Waals surface area contributed by atoms with E-state index in [4.69, 9.17) is 16.3 Å². The summed E-state index contributed by atoms with van der Waals surface area (Å²) in [5.74, 6) is -2.16. The minimum absolute atomic E-state index is 0.00697. The molecule has 0 bridgehead atoms. The van der Waals surface area contributed by atoms with Gasteiger partial charge in [-0.2, -0.15) is 13.2 Å². The van der Waals surface area contributed by atoms with E-state index in [1.54, 1.807) is 6.92 Å². The maximum atomic E-state index is 12.8. The standard InChI is InChI=1S/C21H19ClF3N3O6/c1-12-5-7-14(10-17(12)28(32)33)26-19(30)11-34-20(31)4-2-3-18(29)27-16-9-13(21(23,24)25)6-8-15(16)22/h5-10H,2-4,11H2,1H3,(H,26,30)(H,27,29). The molecule has 0 radical (unpaired) electrons. The van der Waals surface area contributed by atoms with E-state index >= 15 is 0 Å². The summed E-state index contributed by atoms with van der Waals surface area (Å²) in [6.45, 7) is 0.895. The van der Waals surface area contributed by atoms with Gasteiger partial charge >= 0.3 is 12.1 Å². The zero-order chi connectivity index (χ0) is 25.5. The molecule has 0 aliphatic carbocycles. The number of halogens is 4. The molecule has 0 aliphatic heterocycles. The van der Waals surface area contributed by atoms with Gasteiger partial charge in [0.1, 0.15) is 0 Å². The molecule has 0 aromatic heterocycles. The summed E-state index contributed by atoms with van der Waals surface area (Å²) < 4.78 is 43.1. The SMILES string of the molecule is Cc1ccc(NC(=O)COC(=O)CCCC(=O)Nc2cc(C(F)(F)F)ccc2Cl)cc1[N+](=O)[O-]. The van der Waals surface area contributed by atoms with Crippen LogP contribution in [0.5, 0.6) is 0 Å². The second kappa shape index (κ2) is 11.5. The Morgan fingerprint density at radius 3 is 2.41 bits per heavy atom. The number of nitro groups is 1. The number of hydrogen-bond acceptors (Lipinski definition) is 6. The molecule has 2 aromatic carbocycles. The molecule has 0 saturated heterocycles. The number of esters is 1. The number of nitro benzene ring substituents is 1. The fourth-order valence-corrected chi connectivity index (χ4v) is 2.87. The van der Waals surface area contributed by atoms with Gasteiger partial charge in [0, 0.05) is 30.2 Å². The topological polar surface area (TPSA) is 128 Å². The molecule has 0 heterocycles. The Hall–Kier alpha value is -3.67. The third kappa shape index (κ3) is 8.03. The van der Waals surface area contributed by atoms with Gasteiger partial charge in [0.15, 0.2) is 6.61 Å². The summed E-state index contributed by atoms with van der Waals surface area (Å²) in [5.41, 5.74) is -0.803. The second-order valence-electron chi connectivity index (χ2n) is 7.06. The summed E-state index contributed by atoms with van der Waals surface area (Å²) in [6.07, 6.45) is -5.03. The number of amides is 2. The summed E-state index contributed by atoms with van der Waals surface area (Å²) in [6, 6.07) is 6.58. The summed E-state index contributed by atoms with van der Waals surface area (Å²) >= 11 is 5.81. The quantitative estimate of drug-likeness (QED) is 0.287. The van der Waals surface area contributed by atoms with Crippen LogP contribution in [-0.4, -0.2) is 29.3 Å². The highest BCUT2D eigenvalue weighted by molar-refractivity contribution is 6.33. The van der Waals surface area contributed by atoms with Crippen molar-refractivity contribution >= 4 is 46.4 Å². The van der Waals surface area contributed by atoms with E-state index in [2.05, 4.69) is 10.6 Å². The lowest BCUT2D eigenvalue weighted by Crippen LogP contribution is -2.21. The number of ether oxygens (including phenoxy) is 1. The second-order valence-corrected chi connectivity index (χ2v) is 7.47. The molecule has 2 rings (SSSR count). The van der Waals surface area contributed by atoms with Crippen molar-refractivity contribution in [1.29, 1.82) is 0 Å². The van der Waals surface area contributed by atoms with E-state index in [0.717, 1.165) is 12.1 Å². The number of carbonyl (C=O) groups is 3. The predicted octanol–water partition coefficient (Wildman–Crippen LogP) is 4.87. The van der Waals surface area contributed by atoms with Gasteiger partial charge in [-0.25, -0.2) is 0 Å². The Balaban J connectivity index is 1.75. The molecule has 0 spiro atoms. The van der Waals surface area contributed by atoms with Crippen molar-refractivity contribution in [2.45, 2.75) is 32.4 Å². The van der Waals surface area contributed by atoms with Gasteiger partial charge in [-0.1, -0.05) is 17.7 Å². The number of benzene rings is 2. The van der Waals surface area contributed by atoms with Crippen LogP contribution in [0.2, 0.25) is 5.02 Å². The van der Waals surface area contributed by atoms with E-state index in [-0.39, 0.29) is 41.3 Å². The molecular formula is C21H19ClF3N3O6. The van der Waals surface area contributed by atoms with Crippen molar-refractivity contribution in [2.75, 3.05) is 17.2 Å². The van der Waals surface area contributed by atoms with Crippen LogP contribution in [-0.2, 0) is 25.3 Å². The Morgan fingerprint density at radius 1 is 1.06 bits per heavy atom. The Kier molecular flexibility index (Phi) is 8.96. The number of alkyl halides is 3. The molecule has 34 heavy (non-hydrogen) atoms. The molecule has 2 aromatic rings. The lowest BCUT2D eigenvalue weighted by Gasteiger charge is -2.11. The fraction of sp³-hybridized carbons (Fsp3) is 0.286. The lowest BCUT2D eigenvalue weighted by molar-refractivity contribution is -0.385. The molecule has 2 amide bonds. The van der Waals surface area contributed by atoms with Crippen LogP contribution >= 0.6 is 11.6 Å². The van der Waals surface area contributed by atoms with Crippen molar-refractivity contribution in [3.8, 4) is 0 Å². The average molecular weight is 502 g/mol. The van der Waals surface area contributed by atoms with Crippen molar-refractivity contribution < 1.29 is 37.2 Å². The van der Waals surface area contributed by atoms with Crippen LogP contribution in [0.1, 0.15) is 30.4 Å². The third-order valence-corrected chi connectivity index (χ3v) is 4.74. The van der Waals surface area contributed by atoms with Crippen LogP contribution in [0.25, 0.3) is 0 Å². The van der Waals surface area contributed by atoms with E-state index in [1.807, 2.05) is 0 Å². The first-order valence-electron chi connectivity index (χ1n) is 9.74. The molecular weight excluding hydrogens is 483 g/mol. The van der Waals surface area contributed by atoms with Gasteiger partial charge in [-0.05, 0) is 37.6 Å². The Morgan fingerprint density at radius 2 is 1.76 bits per heavy atom. The largest absolute Gasteiger partial charge is 0.456 e. The molecule has 13 heteroatoms. The van der Waals surface area contributed by atoms with Crippen LogP contribution in [0.4, 0.5) is 30.2 Å². The van der Waals surface area contributed by atoms with Crippen LogP contribution in [0.3, 0.4) is 0 Å². The number of rotatable bonds is 9. The lowest BCUT2D eigenvalue weighted by atomic mass is 10.2. The van der Waals surface area contributed by atoms with Gasteiger partial charge in [-0.3, -0.25) is 24.5 Å². The number of nitrogens with one attached hydrogen (secondary N) is 2. The predicted molar refractivity (Wildman–Crippen MR) is 116 cm³/mol. The minimum atomic E-state index is -4.60. The van der Waals surface area contributed by atoms with Crippen molar-refractivity contribution in [3.05, 3.63) is 62.7 Å². The molecule has 9 nitrogen and oxygen atoms in total. The van der Waals surface area contributed by atoms with Gasteiger partial charge in [0.25, 0.3) is 11.6 Å². The van der Waals surface area contributed by atoms with Crippen molar-refractivity contribution in [1.82, 2.24) is 0 Å². The van der Waals surface area contributed by atoms with Gasteiger partial charge < -0.3 is 15.4 Å². The first-order chi connectivity index (χ1) is 15.9. The summed E-state index contributed by atoms with van der Waals surface area (Å²) in [7, 11) is 0. The van der Waals surface area contributed by atoms with Crippen molar-refractivity contribution in [2.24, 2.45) is 0 Å². The van der Waals surface area contributed by atoms with Gasteiger partial charge in [0.05, 0.1) is 21.2 Å². The zero-order valence-electron chi connectivity index (χ0n) is 17.7. The number of aryl methyl sites for hydroxylation is 1. The van der Waals surface area contributed by atoms with Crippen LogP contribution in [0, 0.1) is 17.0 Å². The maximum absolute atomic E-state index is 12.8. The van der Waals surface area contributed by atoms with E-state index in [9.17, 15) is 37.7 Å². The van der Waals surface area contributed by atoms with Gasteiger partial charge in [0.2, 0.25) is 5.91 Å². The molecule has 0 saturated carbocycles. The average Bonchev–Trinajstić information content (AvgIpc) is 2.74. The molecule has 0 unspecified atom stereocenters. The highest BCUT2D eigenvalue weighted by Crippen LogP contribution is 2.33. The number of carbonyl (C=O) groups excluding carboxylic acids is 3. The fourth-order valence-electron chi connectivity index (χ4n) is 2.70. The first kappa shape index (κ1) is 26.6. The summed E-state index contributed by atoms with van der Waals surface area (Å²) in [5, 5.41) is 15.5. The molecule has 2 N–H and O–H groups in total. The summed E-state index contributed by atoms with van der Waals surface area (Å²) in [4.78, 5) is 46.0. The zero-order valence-corrected chi connectivity index (χ0v) is 18.5. The highest BCUT2D eigenvalue weighted by Gasteiger charge is 2.31. The van der Waals surface area contributed by atoms with Gasteiger partial charge in [-0.15, -0.1) is 0 Å². The minimum Gasteiger partial charge on any atom is -0.456 e. The van der Waals surface area contributed by atoms with Crippen molar-refractivity contribution in [3.63, 3.8) is 0 Å².